The van der Waals surface area contributed by atoms with Crippen LogP contribution in [0.4, 0.5) is 8.78 Å². The highest BCUT2D eigenvalue weighted by molar-refractivity contribution is 7.22. The van der Waals surface area contributed by atoms with Crippen molar-refractivity contribution in [1.82, 2.24) is 14.9 Å². The number of nitrogens with zero attached hydrogens (tertiary/aromatic N) is 1. The fourth-order valence-electron chi connectivity index (χ4n) is 3.91. The minimum Gasteiger partial charge on any atom is -0.363 e. The Morgan fingerprint density at radius 3 is 2.65 bits per heavy atom. The summed E-state index contributed by atoms with van der Waals surface area (Å²) in [5, 5.41) is 10.2. The molecule has 3 aromatic heterocycles. The average molecular weight is 466 g/mol. The molecule has 2 atom stereocenters. The average Bonchev–Trinajstić information content (AvgIpc) is 3.27. The van der Waals surface area contributed by atoms with E-state index >= 15 is 0 Å². The van der Waals surface area contributed by atoms with Gasteiger partial charge in [0.2, 0.25) is 0 Å². The first-order chi connectivity index (χ1) is 14.7. The van der Waals surface area contributed by atoms with Crippen molar-refractivity contribution in [2.24, 2.45) is 0 Å². The molecule has 7 nitrogen and oxygen atoms in total. The van der Waals surface area contributed by atoms with E-state index in [4.69, 9.17) is 16.3 Å². The zero-order chi connectivity index (χ0) is 22.0. The van der Waals surface area contributed by atoms with Crippen LogP contribution in [0.15, 0.2) is 29.1 Å². The van der Waals surface area contributed by atoms with Crippen molar-refractivity contribution in [2.75, 3.05) is 13.7 Å². The van der Waals surface area contributed by atoms with Crippen LogP contribution < -0.4 is 5.56 Å². The predicted octanol–water partition coefficient (Wildman–Crippen LogP) is 3.84. The lowest BCUT2D eigenvalue weighted by atomic mass is 9.94. The molecule has 160 valence electrons. The van der Waals surface area contributed by atoms with Crippen molar-refractivity contribution < 1.29 is 23.4 Å². The zero-order valence-electron chi connectivity index (χ0n) is 15.8. The molecule has 3 N–H and O–H groups in total. The Hall–Kier alpha value is -2.79. The lowest BCUT2D eigenvalue weighted by molar-refractivity contribution is -0.129. The van der Waals surface area contributed by atoms with Gasteiger partial charge in [0.05, 0.1) is 38.3 Å². The van der Waals surface area contributed by atoms with Gasteiger partial charge in [-0.3, -0.25) is 9.59 Å². The molecule has 31 heavy (non-hydrogen) atoms. The van der Waals surface area contributed by atoms with Gasteiger partial charge in [0.15, 0.2) is 17.9 Å². The minimum absolute atomic E-state index is 0.00124. The number of aromatic nitrogens is 2. The van der Waals surface area contributed by atoms with Gasteiger partial charge in [-0.2, -0.15) is 0 Å². The summed E-state index contributed by atoms with van der Waals surface area (Å²) in [6.45, 7) is -0.114. The molecule has 1 aliphatic rings. The summed E-state index contributed by atoms with van der Waals surface area (Å²) in [6.07, 6.45) is -1.47. The van der Waals surface area contributed by atoms with Crippen LogP contribution in [0.3, 0.4) is 0 Å². The number of likely N-dealkylation sites (N-methyl/N-ethyl adjacent to an activating group) is 1. The summed E-state index contributed by atoms with van der Waals surface area (Å²) in [4.78, 5) is 32.4. The van der Waals surface area contributed by atoms with E-state index in [9.17, 15) is 23.5 Å². The number of ether oxygens (including phenoxy) is 1. The fraction of sp³-hybridized carbons (Fsp3) is 0.200. The third-order valence-corrected chi connectivity index (χ3v) is 6.63. The molecule has 0 aliphatic carbocycles. The lowest BCUT2D eigenvalue weighted by Crippen LogP contribution is -2.39. The second kappa shape index (κ2) is 7.13. The largest absolute Gasteiger partial charge is 0.363 e. The molecule has 0 saturated carbocycles. The molecule has 0 fully saturated rings. The van der Waals surface area contributed by atoms with Crippen molar-refractivity contribution in [3.8, 4) is 0 Å². The molecule has 1 aromatic carbocycles. The molecule has 1 amide bonds. The summed E-state index contributed by atoms with van der Waals surface area (Å²) >= 11 is 7.30. The van der Waals surface area contributed by atoms with Crippen LogP contribution in [0.5, 0.6) is 0 Å². The van der Waals surface area contributed by atoms with Gasteiger partial charge >= 0.3 is 0 Å². The molecule has 0 bridgehead atoms. The van der Waals surface area contributed by atoms with E-state index in [1.165, 1.54) is 23.3 Å². The SMILES string of the molecule is CN(C(=O)c1cc2sc(Cl)cc2[nH]1)[C@@H]1CO[C@H](O)c2[nH]c(=O)c3cc(F)c(F)cc3c21. The molecule has 0 saturated heterocycles. The first-order valence-electron chi connectivity index (χ1n) is 9.14. The van der Waals surface area contributed by atoms with E-state index in [0.717, 1.165) is 22.3 Å². The monoisotopic (exact) mass is 465 g/mol. The van der Waals surface area contributed by atoms with Crippen LogP contribution in [0.1, 0.15) is 34.1 Å². The van der Waals surface area contributed by atoms with Crippen LogP contribution in [0.2, 0.25) is 4.34 Å². The molecular formula is C20H14ClF2N3O4S. The number of nitrogens with one attached hydrogen (secondary N) is 2. The second-order valence-electron chi connectivity index (χ2n) is 7.22. The van der Waals surface area contributed by atoms with Crippen molar-refractivity contribution in [3.63, 3.8) is 0 Å². The molecule has 5 rings (SSSR count). The van der Waals surface area contributed by atoms with E-state index in [1.807, 2.05) is 0 Å². The highest BCUT2D eigenvalue weighted by Crippen LogP contribution is 2.38. The van der Waals surface area contributed by atoms with Crippen molar-refractivity contribution in [2.45, 2.75) is 12.3 Å². The highest BCUT2D eigenvalue weighted by atomic mass is 35.5. The number of amides is 1. The minimum atomic E-state index is -1.47. The molecule has 11 heteroatoms. The van der Waals surface area contributed by atoms with Crippen LogP contribution >= 0.6 is 22.9 Å². The summed E-state index contributed by atoms with van der Waals surface area (Å²) in [7, 11) is 1.52. The first kappa shape index (κ1) is 20.1. The number of H-pyrrole nitrogens is 2. The Morgan fingerprint density at radius 1 is 1.23 bits per heavy atom. The molecule has 4 heterocycles. The number of carbonyl (C=O) groups excluding carboxylic acids is 1. The smallest absolute Gasteiger partial charge is 0.270 e. The van der Waals surface area contributed by atoms with Gasteiger partial charge in [-0.25, -0.2) is 8.78 Å². The van der Waals surface area contributed by atoms with E-state index in [-0.39, 0.29) is 23.1 Å². The van der Waals surface area contributed by atoms with E-state index in [2.05, 4.69) is 9.97 Å². The number of aliphatic hydroxyl groups excluding tert-OH is 1. The van der Waals surface area contributed by atoms with Crippen LogP contribution in [-0.4, -0.2) is 39.5 Å². The zero-order valence-corrected chi connectivity index (χ0v) is 17.4. The first-order valence-corrected chi connectivity index (χ1v) is 10.3. The van der Waals surface area contributed by atoms with Crippen LogP contribution in [-0.2, 0) is 4.74 Å². The van der Waals surface area contributed by atoms with E-state index < -0.39 is 35.4 Å². The topological polar surface area (TPSA) is 98.4 Å². The maximum absolute atomic E-state index is 14.0. The number of rotatable bonds is 2. The number of aromatic amines is 2. The molecule has 4 aromatic rings. The number of hydrogen-bond acceptors (Lipinski definition) is 5. The number of aliphatic hydroxyl groups is 1. The van der Waals surface area contributed by atoms with Gasteiger partial charge in [0.25, 0.3) is 11.5 Å². The standard InChI is InChI=1S/C20H14ClF2N3O4S/c1-26(19(28)12-4-14-11(24-12)5-15(21)31-14)13-6-30-20(29)17-16(13)7-2-9(22)10(23)3-8(7)18(27)25-17/h2-5,13,20,24,29H,6H2,1H3,(H,25,27)/t13-,20+/m1/s1. The van der Waals surface area contributed by atoms with Crippen LogP contribution in [0, 0.1) is 11.6 Å². The van der Waals surface area contributed by atoms with Crippen LogP contribution in [0.25, 0.3) is 21.0 Å². The number of benzene rings is 1. The summed E-state index contributed by atoms with van der Waals surface area (Å²) < 4.78 is 34.5. The Morgan fingerprint density at radius 2 is 1.94 bits per heavy atom. The van der Waals surface area contributed by atoms with Gasteiger partial charge < -0.3 is 24.7 Å². The summed E-state index contributed by atoms with van der Waals surface area (Å²) in [5.74, 6) is -2.70. The van der Waals surface area contributed by atoms with Crippen molar-refractivity contribution in [3.05, 3.63) is 67.5 Å². The number of carbonyl (C=O) groups is 1. The predicted molar refractivity (Wildman–Crippen MR) is 111 cm³/mol. The number of thiophene rings is 1. The molecule has 1 aliphatic heterocycles. The number of hydrogen-bond donors (Lipinski definition) is 3. The molecule has 0 spiro atoms. The molecular weight excluding hydrogens is 452 g/mol. The second-order valence-corrected chi connectivity index (χ2v) is 8.94. The number of fused-ring (bicyclic) bond motifs is 4. The van der Waals surface area contributed by atoms with Crippen molar-refractivity contribution >= 4 is 49.8 Å². The third kappa shape index (κ3) is 3.14. The normalized spacial score (nSPS) is 18.5. The Kier molecular flexibility index (Phi) is 4.63. The summed E-state index contributed by atoms with van der Waals surface area (Å²) in [5.41, 5.74) is 0.610. The Labute approximate surface area is 181 Å². The van der Waals surface area contributed by atoms with Gasteiger partial charge in [-0.1, -0.05) is 11.6 Å². The van der Waals surface area contributed by atoms with E-state index in [0.29, 0.717) is 15.6 Å². The van der Waals surface area contributed by atoms with Gasteiger partial charge in [-0.05, 0) is 29.7 Å². The quantitative estimate of drug-likeness (QED) is 0.419. The fourth-order valence-corrected chi connectivity index (χ4v) is 5.05. The lowest BCUT2D eigenvalue weighted by Gasteiger charge is -2.35. The van der Waals surface area contributed by atoms with Gasteiger partial charge in [0.1, 0.15) is 5.69 Å². The maximum Gasteiger partial charge on any atom is 0.270 e. The van der Waals surface area contributed by atoms with Gasteiger partial charge in [0, 0.05) is 12.6 Å². The number of pyridine rings is 1. The summed E-state index contributed by atoms with van der Waals surface area (Å²) in [6, 6.07) is 4.30. The highest BCUT2D eigenvalue weighted by Gasteiger charge is 2.35. The van der Waals surface area contributed by atoms with Gasteiger partial charge in [-0.15, -0.1) is 11.3 Å². The number of halogens is 3. The maximum atomic E-state index is 14.0. The van der Waals surface area contributed by atoms with Crippen molar-refractivity contribution in [1.29, 1.82) is 0 Å². The Balaban J connectivity index is 1.64. The molecule has 0 unspecified atom stereocenters. The third-order valence-electron chi connectivity index (χ3n) is 5.42. The van der Waals surface area contributed by atoms with E-state index in [1.54, 1.807) is 12.1 Å². The molecule has 0 radical (unpaired) electrons. The Bertz CT molecular complexity index is 1400.